The van der Waals surface area contributed by atoms with E-state index in [4.69, 9.17) is 0 Å². The van der Waals surface area contributed by atoms with E-state index in [2.05, 4.69) is 97.9 Å². The van der Waals surface area contributed by atoms with Crippen molar-refractivity contribution in [3.63, 3.8) is 0 Å². The highest BCUT2D eigenvalue weighted by Gasteiger charge is 2.15. The van der Waals surface area contributed by atoms with Crippen LogP contribution in [0.4, 0.5) is 0 Å². The van der Waals surface area contributed by atoms with E-state index in [-0.39, 0.29) is 0 Å². The van der Waals surface area contributed by atoms with E-state index < -0.39 is 0 Å². The quantitative estimate of drug-likeness (QED) is 0.296. The zero-order valence-electron chi connectivity index (χ0n) is 14.9. The predicted molar refractivity (Wildman–Crippen MR) is 114 cm³/mol. The summed E-state index contributed by atoms with van der Waals surface area (Å²) < 4.78 is 0. The van der Waals surface area contributed by atoms with Crippen molar-refractivity contribution in [3.8, 4) is 11.1 Å². The zero-order valence-corrected chi connectivity index (χ0v) is 14.9. The smallest absolute Gasteiger partial charge is 0.00204 e. The van der Waals surface area contributed by atoms with E-state index in [1.54, 1.807) is 0 Å². The van der Waals surface area contributed by atoms with Crippen LogP contribution in [-0.4, -0.2) is 0 Å². The van der Waals surface area contributed by atoms with Crippen molar-refractivity contribution in [2.75, 3.05) is 0 Å². The molecular weight excluding hydrogens is 312 g/mol. The molecule has 0 nitrogen and oxygen atoms in total. The van der Waals surface area contributed by atoms with Gasteiger partial charge < -0.3 is 0 Å². The Balaban J connectivity index is 2.05. The van der Waals surface area contributed by atoms with Crippen molar-refractivity contribution in [2.24, 2.45) is 0 Å². The van der Waals surface area contributed by atoms with E-state index in [0.717, 1.165) is 6.42 Å². The van der Waals surface area contributed by atoms with E-state index in [1.807, 2.05) is 0 Å². The molecule has 0 radical (unpaired) electrons. The Labute approximate surface area is 153 Å². The monoisotopic (exact) mass is 332 g/mol. The highest BCUT2D eigenvalue weighted by molar-refractivity contribution is 6.18. The lowest BCUT2D eigenvalue weighted by molar-refractivity contribution is 1.18. The lowest BCUT2D eigenvalue weighted by Crippen LogP contribution is -1.92. The lowest BCUT2D eigenvalue weighted by Gasteiger charge is -2.17. The molecule has 0 saturated carbocycles. The first-order chi connectivity index (χ1) is 12.9. The molecule has 0 aliphatic heterocycles. The van der Waals surface area contributed by atoms with Gasteiger partial charge in [-0.05, 0) is 55.4 Å². The molecule has 0 unspecified atom stereocenters. The second kappa shape index (κ2) is 6.00. The second-order valence-electron chi connectivity index (χ2n) is 6.82. The van der Waals surface area contributed by atoms with Crippen molar-refractivity contribution >= 4 is 32.3 Å². The van der Waals surface area contributed by atoms with Gasteiger partial charge in [0.25, 0.3) is 0 Å². The number of hydrogen-bond acceptors (Lipinski definition) is 0. The van der Waals surface area contributed by atoms with Crippen molar-refractivity contribution in [2.45, 2.75) is 13.3 Å². The second-order valence-corrected chi connectivity index (χ2v) is 6.82. The molecule has 5 aromatic rings. The molecule has 0 aromatic heterocycles. The first-order valence-electron chi connectivity index (χ1n) is 9.29. The Bertz CT molecular complexity index is 1200. The normalized spacial score (nSPS) is 11.4. The van der Waals surface area contributed by atoms with Crippen LogP contribution in [0.25, 0.3) is 43.4 Å². The summed E-state index contributed by atoms with van der Waals surface area (Å²) in [7, 11) is 0. The van der Waals surface area contributed by atoms with Crippen LogP contribution in [0.1, 0.15) is 12.5 Å². The minimum atomic E-state index is 1.04. The van der Waals surface area contributed by atoms with Crippen LogP contribution in [0.5, 0.6) is 0 Å². The molecule has 5 rings (SSSR count). The van der Waals surface area contributed by atoms with Crippen LogP contribution in [-0.2, 0) is 6.42 Å². The fraction of sp³-hybridized carbons (Fsp3) is 0.0769. The maximum Gasteiger partial charge on any atom is -0.00204 e. The SMILES string of the molecule is CCc1c2ccccc2c(-c2cccc3ccccc23)c2ccccc12. The van der Waals surface area contributed by atoms with Crippen LogP contribution < -0.4 is 0 Å². The minimum absolute atomic E-state index is 1.04. The summed E-state index contributed by atoms with van der Waals surface area (Å²) in [5.74, 6) is 0. The molecule has 0 aliphatic rings. The highest BCUT2D eigenvalue weighted by Crippen LogP contribution is 2.41. The summed E-state index contributed by atoms with van der Waals surface area (Å²) in [6.45, 7) is 2.26. The molecule has 0 fully saturated rings. The lowest BCUT2D eigenvalue weighted by atomic mass is 9.86. The minimum Gasteiger partial charge on any atom is -0.0616 e. The first-order valence-corrected chi connectivity index (χ1v) is 9.29. The van der Waals surface area contributed by atoms with Crippen LogP contribution in [0, 0.1) is 0 Å². The van der Waals surface area contributed by atoms with Gasteiger partial charge in [-0.3, -0.25) is 0 Å². The number of fused-ring (bicyclic) bond motifs is 3. The fourth-order valence-electron chi connectivity index (χ4n) is 4.33. The Morgan fingerprint density at radius 2 is 1.00 bits per heavy atom. The molecule has 0 saturated heterocycles. The molecule has 0 aliphatic carbocycles. The molecule has 0 N–H and O–H groups in total. The fourth-order valence-corrected chi connectivity index (χ4v) is 4.33. The van der Waals surface area contributed by atoms with E-state index in [0.29, 0.717) is 0 Å². The molecule has 26 heavy (non-hydrogen) atoms. The zero-order chi connectivity index (χ0) is 17.5. The molecule has 0 heterocycles. The molecular formula is C26H20. The van der Waals surface area contributed by atoms with Gasteiger partial charge in [-0.2, -0.15) is 0 Å². The standard InChI is InChI=1S/C26H20/c1-2-19-21-13-5-7-15-24(21)26(25-16-8-6-14-22(19)25)23-17-9-11-18-10-3-4-12-20(18)23/h3-17H,2H2,1H3. The van der Waals surface area contributed by atoms with E-state index in [1.165, 1.54) is 49.0 Å². The Morgan fingerprint density at radius 3 is 1.62 bits per heavy atom. The average molecular weight is 332 g/mol. The molecule has 0 bridgehead atoms. The van der Waals surface area contributed by atoms with Gasteiger partial charge in [0, 0.05) is 0 Å². The summed E-state index contributed by atoms with van der Waals surface area (Å²) in [4.78, 5) is 0. The van der Waals surface area contributed by atoms with Crippen LogP contribution in [0.3, 0.4) is 0 Å². The maximum atomic E-state index is 2.28. The van der Waals surface area contributed by atoms with Gasteiger partial charge in [0.15, 0.2) is 0 Å². The molecule has 0 heteroatoms. The third-order valence-electron chi connectivity index (χ3n) is 5.46. The summed E-state index contributed by atoms with van der Waals surface area (Å²) in [6, 6.07) is 33.1. The van der Waals surface area contributed by atoms with Crippen LogP contribution in [0.15, 0.2) is 91.0 Å². The van der Waals surface area contributed by atoms with Gasteiger partial charge >= 0.3 is 0 Å². The van der Waals surface area contributed by atoms with Crippen molar-refractivity contribution in [1.29, 1.82) is 0 Å². The van der Waals surface area contributed by atoms with Gasteiger partial charge in [0.1, 0.15) is 0 Å². The summed E-state index contributed by atoms with van der Waals surface area (Å²) in [6.07, 6.45) is 1.04. The molecule has 5 aromatic carbocycles. The number of benzene rings is 5. The van der Waals surface area contributed by atoms with Crippen LogP contribution >= 0.6 is 0 Å². The Hall–Kier alpha value is -3.12. The van der Waals surface area contributed by atoms with Crippen molar-refractivity contribution in [3.05, 3.63) is 96.6 Å². The number of aryl methyl sites for hydroxylation is 1. The van der Waals surface area contributed by atoms with Gasteiger partial charge in [-0.1, -0.05) is 97.9 Å². The first kappa shape index (κ1) is 15.2. The summed E-state index contributed by atoms with van der Waals surface area (Å²) in [5.41, 5.74) is 4.11. The number of hydrogen-bond donors (Lipinski definition) is 0. The summed E-state index contributed by atoms with van der Waals surface area (Å²) >= 11 is 0. The Kier molecular flexibility index (Phi) is 3.50. The van der Waals surface area contributed by atoms with Crippen molar-refractivity contribution in [1.82, 2.24) is 0 Å². The van der Waals surface area contributed by atoms with Crippen LogP contribution in [0.2, 0.25) is 0 Å². The average Bonchev–Trinajstić information content (AvgIpc) is 2.71. The number of rotatable bonds is 2. The summed E-state index contributed by atoms with van der Waals surface area (Å²) in [5, 5.41) is 8.04. The molecule has 0 amide bonds. The van der Waals surface area contributed by atoms with E-state index >= 15 is 0 Å². The van der Waals surface area contributed by atoms with E-state index in [9.17, 15) is 0 Å². The molecule has 0 spiro atoms. The molecule has 124 valence electrons. The largest absolute Gasteiger partial charge is 0.0616 e. The third kappa shape index (κ3) is 2.16. The molecule has 0 atom stereocenters. The predicted octanol–water partition coefficient (Wildman–Crippen LogP) is 7.38. The highest BCUT2D eigenvalue weighted by atomic mass is 14.2. The van der Waals surface area contributed by atoms with Gasteiger partial charge in [0.2, 0.25) is 0 Å². The van der Waals surface area contributed by atoms with Gasteiger partial charge in [-0.15, -0.1) is 0 Å². The third-order valence-corrected chi connectivity index (χ3v) is 5.46. The van der Waals surface area contributed by atoms with Crippen molar-refractivity contribution < 1.29 is 0 Å². The van der Waals surface area contributed by atoms with Gasteiger partial charge in [-0.25, -0.2) is 0 Å². The Morgan fingerprint density at radius 1 is 0.500 bits per heavy atom. The topological polar surface area (TPSA) is 0 Å². The maximum absolute atomic E-state index is 2.28. The van der Waals surface area contributed by atoms with Gasteiger partial charge in [0.05, 0.1) is 0 Å².